The third kappa shape index (κ3) is 4.82. The molecule has 0 aliphatic rings. The first-order valence-corrected chi connectivity index (χ1v) is 10.6. The van der Waals surface area contributed by atoms with Crippen LogP contribution in [-0.4, -0.2) is 21.4 Å². The van der Waals surface area contributed by atoms with E-state index >= 15 is 0 Å². The topological polar surface area (TPSA) is 84.5 Å². The summed E-state index contributed by atoms with van der Waals surface area (Å²) < 4.78 is 33.1. The smallest absolute Gasteiger partial charge is 0.261 e. The molecule has 0 saturated heterocycles. The Morgan fingerprint density at radius 2 is 1.55 bits per heavy atom. The van der Waals surface area contributed by atoms with Gasteiger partial charge in [0.15, 0.2) is 0 Å². The van der Waals surface area contributed by atoms with Crippen LogP contribution < -0.4 is 14.8 Å². The molecule has 0 aliphatic carbocycles. The molecule has 0 heterocycles. The Hall–Kier alpha value is -2.74. The van der Waals surface area contributed by atoms with E-state index in [2.05, 4.69) is 10.0 Å². The molecule has 0 aromatic heterocycles. The summed E-state index contributed by atoms with van der Waals surface area (Å²) in [6, 6.07) is 17.1. The van der Waals surface area contributed by atoms with Gasteiger partial charge in [0, 0.05) is 0 Å². The average Bonchev–Trinajstić information content (AvgIpc) is 2.70. The number of methoxy groups -OCH3 is 1. The van der Waals surface area contributed by atoms with Gasteiger partial charge in [-0.1, -0.05) is 47.5 Å². The highest BCUT2D eigenvalue weighted by atomic mass is 35.5. The largest absolute Gasteiger partial charge is 0.495 e. The van der Waals surface area contributed by atoms with Gasteiger partial charge in [0.05, 0.1) is 39.0 Å². The van der Waals surface area contributed by atoms with E-state index in [1.807, 2.05) is 0 Å². The number of benzene rings is 3. The fourth-order valence-electron chi connectivity index (χ4n) is 2.56. The maximum atomic E-state index is 12.8. The number of nitrogens with one attached hydrogen (secondary N) is 2. The molecule has 29 heavy (non-hydrogen) atoms. The zero-order valence-electron chi connectivity index (χ0n) is 15.1. The van der Waals surface area contributed by atoms with E-state index < -0.39 is 15.9 Å². The highest BCUT2D eigenvalue weighted by Gasteiger charge is 2.20. The van der Waals surface area contributed by atoms with Crippen LogP contribution in [-0.2, 0) is 10.0 Å². The molecule has 0 atom stereocenters. The second kappa shape index (κ2) is 8.73. The Morgan fingerprint density at radius 3 is 2.24 bits per heavy atom. The molecule has 0 unspecified atom stereocenters. The summed E-state index contributed by atoms with van der Waals surface area (Å²) in [7, 11) is -2.50. The van der Waals surface area contributed by atoms with Gasteiger partial charge in [-0.15, -0.1) is 0 Å². The predicted octanol–water partition coefficient (Wildman–Crippen LogP) is 5.06. The van der Waals surface area contributed by atoms with Crippen LogP contribution in [0.3, 0.4) is 0 Å². The SMILES string of the molecule is COc1ccccc1NC(=O)c1ccccc1NS(=O)(=O)c1ccc(Cl)c(Cl)c1. The summed E-state index contributed by atoms with van der Waals surface area (Å²) in [6.45, 7) is 0. The molecule has 2 N–H and O–H groups in total. The van der Waals surface area contributed by atoms with Crippen molar-refractivity contribution >= 4 is 50.5 Å². The van der Waals surface area contributed by atoms with Crippen molar-refractivity contribution in [3.05, 3.63) is 82.3 Å². The van der Waals surface area contributed by atoms with E-state index in [0.29, 0.717) is 11.4 Å². The quantitative estimate of drug-likeness (QED) is 0.549. The van der Waals surface area contributed by atoms with E-state index in [4.69, 9.17) is 27.9 Å². The first kappa shape index (κ1) is 21.0. The van der Waals surface area contributed by atoms with Crippen molar-refractivity contribution in [1.29, 1.82) is 0 Å². The highest BCUT2D eigenvalue weighted by molar-refractivity contribution is 7.92. The van der Waals surface area contributed by atoms with Gasteiger partial charge in [0.25, 0.3) is 15.9 Å². The van der Waals surface area contributed by atoms with Gasteiger partial charge >= 0.3 is 0 Å². The number of anilines is 2. The van der Waals surface area contributed by atoms with Crippen molar-refractivity contribution < 1.29 is 17.9 Å². The van der Waals surface area contributed by atoms with Gasteiger partial charge < -0.3 is 10.1 Å². The van der Waals surface area contributed by atoms with E-state index in [1.165, 1.54) is 37.4 Å². The number of amides is 1. The number of carbonyl (C=O) groups is 1. The van der Waals surface area contributed by atoms with Gasteiger partial charge in [-0.2, -0.15) is 0 Å². The summed E-state index contributed by atoms with van der Waals surface area (Å²) in [4.78, 5) is 12.7. The second-order valence-corrected chi connectivity index (χ2v) is 8.38. The van der Waals surface area contributed by atoms with Crippen molar-refractivity contribution in [2.45, 2.75) is 4.90 Å². The molecule has 0 radical (unpaired) electrons. The Kier molecular flexibility index (Phi) is 6.32. The molecule has 3 aromatic carbocycles. The molecule has 0 saturated carbocycles. The molecular formula is C20H16Cl2N2O4S. The molecule has 9 heteroatoms. The Morgan fingerprint density at radius 1 is 0.897 bits per heavy atom. The number of hydrogen-bond donors (Lipinski definition) is 2. The number of hydrogen-bond acceptors (Lipinski definition) is 4. The van der Waals surface area contributed by atoms with Crippen LogP contribution >= 0.6 is 23.2 Å². The van der Waals surface area contributed by atoms with Gasteiger partial charge in [-0.3, -0.25) is 9.52 Å². The third-order valence-electron chi connectivity index (χ3n) is 3.97. The van der Waals surface area contributed by atoms with Crippen molar-refractivity contribution in [1.82, 2.24) is 0 Å². The third-order valence-corrected chi connectivity index (χ3v) is 6.07. The second-order valence-electron chi connectivity index (χ2n) is 5.88. The number of rotatable bonds is 6. The monoisotopic (exact) mass is 450 g/mol. The zero-order valence-corrected chi connectivity index (χ0v) is 17.5. The maximum absolute atomic E-state index is 12.8. The molecule has 0 fully saturated rings. The summed E-state index contributed by atoms with van der Waals surface area (Å²) in [5, 5.41) is 3.07. The van der Waals surface area contributed by atoms with Gasteiger partial charge in [0.1, 0.15) is 5.75 Å². The molecule has 150 valence electrons. The fourth-order valence-corrected chi connectivity index (χ4v) is 4.02. The molecular weight excluding hydrogens is 435 g/mol. The molecule has 0 aliphatic heterocycles. The summed E-state index contributed by atoms with van der Waals surface area (Å²) in [5.41, 5.74) is 0.718. The van der Waals surface area contributed by atoms with Crippen LogP contribution in [0.15, 0.2) is 71.6 Å². The highest BCUT2D eigenvalue weighted by Crippen LogP contribution is 2.28. The lowest BCUT2D eigenvalue weighted by Gasteiger charge is -2.14. The fraction of sp³-hybridized carbons (Fsp3) is 0.0500. The van der Waals surface area contributed by atoms with Gasteiger partial charge in [-0.05, 0) is 42.5 Å². The number of sulfonamides is 1. The van der Waals surface area contributed by atoms with Crippen molar-refractivity contribution in [3.8, 4) is 5.75 Å². The van der Waals surface area contributed by atoms with Crippen molar-refractivity contribution in [2.24, 2.45) is 0 Å². The van der Waals surface area contributed by atoms with Crippen LogP contribution in [0.2, 0.25) is 10.0 Å². The minimum absolute atomic E-state index is 0.0770. The van der Waals surface area contributed by atoms with E-state index in [9.17, 15) is 13.2 Å². The summed E-state index contributed by atoms with van der Waals surface area (Å²) >= 11 is 11.8. The molecule has 3 rings (SSSR count). The Balaban J connectivity index is 1.90. The Bertz CT molecular complexity index is 1170. The molecule has 3 aromatic rings. The van der Waals surface area contributed by atoms with Crippen molar-refractivity contribution in [2.75, 3.05) is 17.1 Å². The molecule has 6 nitrogen and oxygen atoms in total. The number of ether oxygens (including phenoxy) is 1. The van der Waals surface area contributed by atoms with Gasteiger partial charge in [0.2, 0.25) is 0 Å². The molecule has 1 amide bonds. The number of carbonyl (C=O) groups excluding carboxylic acids is 1. The van der Waals surface area contributed by atoms with Crippen molar-refractivity contribution in [3.63, 3.8) is 0 Å². The Labute approximate surface area is 178 Å². The summed E-state index contributed by atoms with van der Waals surface area (Å²) in [6.07, 6.45) is 0. The van der Waals surface area contributed by atoms with E-state index in [1.54, 1.807) is 36.4 Å². The van der Waals surface area contributed by atoms with Crippen LogP contribution in [0.5, 0.6) is 5.75 Å². The lowest BCUT2D eigenvalue weighted by Crippen LogP contribution is -2.19. The van der Waals surface area contributed by atoms with E-state index in [-0.39, 0.29) is 26.2 Å². The zero-order chi connectivity index (χ0) is 21.0. The molecule has 0 bridgehead atoms. The maximum Gasteiger partial charge on any atom is 0.261 e. The lowest BCUT2D eigenvalue weighted by atomic mass is 10.1. The first-order chi connectivity index (χ1) is 13.8. The number of halogens is 2. The van der Waals surface area contributed by atoms with Gasteiger partial charge in [-0.25, -0.2) is 8.42 Å². The first-order valence-electron chi connectivity index (χ1n) is 8.33. The van der Waals surface area contributed by atoms with Crippen LogP contribution in [0.1, 0.15) is 10.4 Å². The van der Waals surface area contributed by atoms with Crippen LogP contribution in [0.4, 0.5) is 11.4 Å². The van der Waals surface area contributed by atoms with Crippen LogP contribution in [0.25, 0.3) is 0 Å². The minimum atomic E-state index is -3.99. The normalized spacial score (nSPS) is 11.0. The number of para-hydroxylation sites is 3. The standard InChI is InChI=1S/C20H16Cl2N2O4S/c1-28-19-9-5-4-8-18(19)23-20(25)14-6-2-3-7-17(14)24-29(26,27)13-10-11-15(21)16(22)12-13/h2-12,24H,1H3,(H,23,25). The van der Waals surface area contributed by atoms with Crippen LogP contribution in [0, 0.1) is 0 Å². The predicted molar refractivity (Wildman–Crippen MR) is 115 cm³/mol. The molecule has 0 spiro atoms. The lowest BCUT2D eigenvalue weighted by molar-refractivity contribution is 0.102. The van der Waals surface area contributed by atoms with E-state index in [0.717, 1.165) is 0 Å². The minimum Gasteiger partial charge on any atom is -0.495 e. The summed E-state index contributed by atoms with van der Waals surface area (Å²) in [5.74, 6) is -0.0170. The average molecular weight is 451 g/mol.